The van der Waals surface area contributed by atoms with Crippen molar-refractivity contribution in [1.82, 2.24) is 15.6 Å². The molecule has 0 saturated carbocycles. The van der Waals surface area contributed by atoms with Crippen LogP contribution in [-0.2, 0) is 4.79 Å². The third-order valence-corrected chi connectivity index (χ3v) is 6.97. The van der Waals surface area contributed by atoms with Crippen molar-refractivity contribution in [3.63, 3.8) is 0 Å². The van der Waals surface area contributed by atoms with Gasteiger partial charge in [-0.2, -0.15) is 13.2 Å². The third kappa shape index (κ3) is 6.28. The minimum atomic E-state index is -4.50. The molecule has 38 heavy (non-hydrogen) atoms. The number of hydrogen-bond donors (Lipinski definition) is 2. The van der Waals surface area contributed by atoms with Crippen LogP contribution in [0.4, 0.5) is 27.8 Å². The molecule has 2 N–H and O–H groups in total. The second-order valence-electron chi connectivity index (χ2n) is 9.95. The molecule has 0 spiro atoms. The van der Waals surface area contributed by atoms with Crippen LogP contribution < -0.4 is 20.3 Å². The molecule has 2 amide bonds. The molecule has 0 radical (unpaired) electrons. The molecule has 2 fully saturated rings. The number of nitrogens with zero attached hydrogens (tertiary/aromatic N) is 2. The normalized spacial score (nSPS) is 21.3. The molecule has 2 aliphatic heterocycles. The summed E-state index contributed by atoms with van der Waals surface area (Å²) in [7, 11) is 0. The van der Waals surface area contributed by atoms with Gasteiger partial charge in [-0.25, -0.2) is 13.8 Å². The van der Waals surface area contributed by atoms with Gasteiger partial charge in [-0.3, -0.25) is 9.59 Å². The van der Waals surface area contributed by atoms with Crippen LogP contribution >= 0.6 is 11.6 Å². The van der Waals surface area contributed by atoms with Crippen LogP contribution in [0.15, 0.2) is 30.5 Å². The number of pyridine rings is 1. The number of amides is 2. The van der Waals surface area contributed by atoms with E-state index in [1.165, 1.54) is 26.1 Å². The average Bonchev–Trinajstić information content (AvgIpc) is 3.10. The van der Waals surface area contributed by atoms with Gasteiger partial charge in [0.2, 0.25) is 0 Å². The first-order chi connectivity index (χ1) is 17.7. The van der Waals surface area contributed by atoms with Crippen LogP contribution in [0, 0.1) is 11.6 Å². The Morgan fingerprint density at radius 2 is 1.74 bits per heavy atom. The molecular formula is C25H26ClF5N4O3. The number of alkyl halides is 3. The number of ether oxygens (including phenoxy) is 1. The second-order valence-corrected chi connectivity index (χ2v) is 10.4. The summed E-state index contributed by atoms with van der Waals surface area (Å²) in [6, 6.07) is 4.56. The first-order valence-corrected chi connectivity index (χ1v) is 12.3. The van der Waals surface area contributed by atoms with Gasteiger partial charge < -0.3 is 20.3 Å². The highest BCUT2D eigenvalue weighted by Crippen LogP contribution is 2.39. The first kappa shape index (κ1) is 27.9. The lowest BCUT2D eigenvalue weighted by atomic mass is 9.96. The van der Waals surface area contributed by atoms with E-state index >= 15 is 0 Å². The SMILES string of the molecule is CC(C)(Oc1cc(F)c(F)cc1Cl)C(=O)NC1CC2CCC(C1)N2c1ccc(C(=O)NCC(F)(F)F)cn1. The van der Waals surface area contributed by atoms with Crippen LogP contribution in [0.1, 0.15) is 49.9 Å². The lowest BCUT2D eigenvalue weighted by molar-refractivity contribution is -0.135. The zero-order chi connectivity index (χ0) is 27.8. The summed E-state index contributed by atoms with van der Waals surface area (Å²) in [5.41, 5.74) is -1.40. The van der Waals surface area contributed by atoms with Crippen LogP contribution in [0.5, 0.6) is 5.75 Å². The Morgan fingerprint density at radius 1 is 1.11 bits per heavy atom. The predicted molar refractivity (Wildman–Crippen MR) is 129 cm³/mol. The topological polar surface area (TPSA) is 83.6 Å². The van der Waals surface area contributed by atoms with Crippen molar-refractivity contribution in [3.8, 4) is 5.75 Å². The lowest BCUT2D eigenvalue weighted by Gasteiger charge is -2.40. The van der Waals surface area contributed by atoms with Gasteiger partial charge in [0.25, 0.3) is 11.8 Å². The molecule has 13 heteroatoms. The van der Waals surface area contributed by atoms with Gasteiger partial charge in [-0.15, -0.1) is 0 Å². The molecule has 0 aliphatic carbocycles. The fourth-order valence-corrected chi connectivity index (χ4v) is 5.08. The van der Waals surface area contributed by atoms with E-state index in [1.54, 1.807) is 6.07 Å². The quantitative estimate of drug-likeness (QED) is 0.376. The molecule has 4 rings (SSSR count). The summed E-state index contributed by atoms with van der Waals surface area (Å²) in [5, 5.41) is 4.64. The van der Waals surface area contributed by atoms with E-state index in [9.17, 15) is 31.5 Å². The van der Waals surface area contributed by atoms with Crippen molar-refractivity contribution in [2.45, 2.75) is 69.4 Å². The number of nitrogens with one attached hydrogen (secondary N) is 2. The molecule has 7 nitrogen and oxygen atoms in total. The molecule has 2 aromatic rings. The molecule has 2 bridgehead atoms. The Balaban J connectivity index is 1.36. The molecule has 3 heterocycles. The predicted octanol–water partition coefficient (Wildman–Crippen LogP) is 4.78. The summed E-state index contributed by atoms with van der Waals surface area (Å²) in [4.78, 5) is 31.4. The van der Waals surface area contributed by atoms with Crippen LogP contribution in [0.25, 0.3) is 0 Å². The van der Waals surface area contributed by atoms with Crippen LogP contribution in [0.3, 0.4) is 0 Å². The summed E-state index contributed by atoms with van der Waals surface area (Å²) in [6.07, 6.45) is -0.319. The Kier molecular flexibility index (Phi) is 7.74. The largest absolute Gasteiger partial charge is 0.476 e. The number of carbonyl (C=O) groups is 2. The Bertz CT molecular complexity index is 1190. The molecule has 1 aromatic heterocycles. The van der Waals surface area contributed by atoms with E-state index in [2.05, 4.69) is 15.2 Å². The molecular weight excluding hydrogens is 535 g/mol. The van der Waals surface area contributed by atoms with E-state index in [4.69, 9.17) is 16.3 Å². The minimum absolute atomic E-state index is 0.0240. The van der Waals surface area contributed by atoms with Crippen molar-refractivity contribution in [1.29, 1.82) is 0 Å². The van der Waals surface area contributed by atoms with E-state index in [1.807, 2.05) is 5.32 Å². The van der Waals surface area contributed by atoms with Gasteiger partial charge in [-0.05, 0) is 57.7 Å². The average molecular weight is 561 g/mol. The standard InChI is InChI=1S/C25H26ClF5N4O3/c1-24(2,38-20-10-19(28)18(27)9-17(20)26)23(37)34-14-7-15-4-5-16(8-14)35(15)21-6-3-13(11-32-21)22(36)33-12-25(29,30)31/h3,6,9-11,14-16H,4-5,7-8,12H2,1-2H3,(H,33,36)(H,34,37). The van der Waals surface area contributed by atoms with Gasteiger partial charge in [0.1, 0.15) is 18.1 Å². The van der Waals surface area contributed by atoms with Gasteiger partial charge in [0.05, 0.1) is 10.6 Å². The maximum atomic E-state index is 13.6. The fourth-order valence-electron chi connectivity index (χ4n) is 4.89. The van der Waals surface area contributed by atoms with E-state index in [0.29, 0.717) is 18.7 Å². The Morgan fingerprint density at radius 3 is 2.32 bits per heavy atom. The highest BCUT2D eigenvalue weighted by molar-refractivity contribution is 6.32. The van der Waals surface area contributed by atoms with Crippen LogP contribution in [-0.4, -0.2) is 53.2 Å². The zero-order valence-corrected chi connectivity index (χ0v) is 21.3. The Hall–Kier alpha value is -3.15. The highest BCUT2D eigenvalue weighted by Gasteiger charge is 2.43. The van der Waals surface area contributed by atoms with Crippen molar-refractivity contribution < 1.29 is 36.3 Å². The van der Waals surface area contributed by atoms with Gasteiger partial charge in [0, 0.05) is 30.4 Å². The van der Waals surface area contributed by atoms with E-state index < -0.39 is 41.8 Å². The zero-order valence-electron chi connectivity index (χ0n) is 20.5. The molecule has 2 aliphatic rings. The molecule has 2 atom stereocenters. The smallest absolute Gasteiger partial charge is 0.405 e. The molecule has 206 valence electrons. The molecule has 2 saturated heterocycles. The lowest BCUT2D eigenvalue weighted by Crippen LogP contribution is -2.55. The number of carbonyl (C=O) groups excluding carboxylic acids is 2. The molecule has 2 unspecified atom stereocenters. The number of halogens is 6. The maximum Gasteiger partial charge on any atom is 0.405 e. The van der Waals surface area contributed by atoms with E-state index in [-0.39, 0.29) is 34.5 Å². The van der Waals surface area contributed by atoms with E-state index in [0.717, 1.165) is 25.0 Å². The van der Waals surface area contributed by atoms with Crippen molar-refractivity contribution in [2.75, 3.05) is 11.4 Å². The third-order valence-electron chi connectivity index (χ3n) is 6.68. The summed E-state index contributed by atoms with van der Waals surface area (Å²) < 4.78 is 69.7. The first-order valence-electron chi connectivity index (χ1n) is 12.0. The number of aromatic nitrogens is 1. The van der Waals surface area contributed by atoms with Gasteiger partial charge in [0.15, 0.2) is 17.2 Å². The number of rotatable bonds is 7. The number of piperidine rings is 1. The summed E-state index contributed by atoms with van der Waals surface area (Å²) in [6.45, 7) is 1.58. The number of hydrogen-bond acceptors (Lipinski definition) is 5. The molecule has 1 aromatic carbocycles. The monoisotopic (exact) mass is 560 g/mol. The maximum absolute atomic E-state index is 13.6. The van der Waals surface area contributed by atoms with Crippen molar-refractivity contribution >= 4 is 29.2 Å². The fraction of sp³-hybridized carbons (Fsp3) is 0.480. The summed E-state index contributed by atoms with van der Waals surface area (Å²) in [5.74, 6) is -3.12. The number of anilines is 1. The van der Waals surface area contributed by atoms with Gasteiger partial charge in [-0.1, -0.05) is 11.6 Å². The second kappa shape index (κ2) is 10.5. The number of benzene rings is 1. The minimum Gasteiger partial charge on any atom is -0.476 e. The summed E-state index contributed by atoms with van der Waals surface area (Å²) >= 11 is 5.94. The van der Waals surface area contributed by atoms with Crippen molar-refractivity contribution in [3.05, 3.63) is 52.7 Å². The van der Waals surface area contributed by atoms with Gasteiger partial charge >= 0.3 is 6.18 Å². The van der Waals surface area contributed by atoms with Crippen molar-refractivity contribution in [2.24, 2.45) is 0 Å². The number of fused-ring (bicyclic) bond motifs is 2. The highest BCUT2D eigenvalue weighted by atomic mass is 35.5. The Labute approximate surface area is 220 Å². The van der Waals surface area contributed by atoms with Crippen LogP contribution in [0.2, 0.25) is 5.02 Å².